The van der Waals surface area contributed by atoms with E-state index >= 15 is 0 Å². The molecule has 3 heterocycles. The van der Waals surface area contributed by atoms with Crippen molar-refractivity contribution in [3.8, 4) is 0 Å². The van der Waals surface area contributed by atoms with Crippen molar-refractivity contribution >= 4 is 17.4 Å². The van der Waals surface area contributed by atoms with Crippen LogP contribution in [0.1, 0.15) is 37.0 Å². The standard InChI is InChI=1S/C26H37N5O/c1-3-29(4-2)24-12-10-23(11-13-24)26(32)31-15-7-8-22(21-31)20-28-16-18-30(19-17-28)25-9-5-6-14-27-25/h5-6,9-14,22H,3-4,7-8,15-21H2,1-2H3. The first kappa shape index (κ1) is 22.6. The molecule has 4 rings (SSSR count). The normalized spacial score (nSPS) is 19.8. The van der Waals surface area contributed by atoms with Gasteiger partial charge in [0, 0.05) is 76.4 Å². The number of carbonyl (C=O) groups is 1. The van der Waals surface area contributed by atoms with Crippen molar-refractivity contribution in [2.24, 2.45) is 5.92 Å². The number of carbonyl (C=O) groups excluding carboxylic acids is 1. The number of benzene rings is 1. The molecular weight excluding hydrogens is 398 g/mol. The van der Waals surface area contributed by atoms with Crippen molar-refractivity contribution in [3.63, 3.8) is 0 Å². The molecule has 0 bridgehead atoms. The molecule has 2 aliphatic rings. The van der Waals surface area contributed by atoms with E-state index in [9.17, 15) is 4.79 Å². The zero-order valence-electron chi connectivity index (χ0n) is 19.6. The van der Waals surface area contributed by atoms with Crippen LogP contribution in [0.4, 0.5) is 11.5 Å². The number of likely N-dealkylation sites (tertiary alicyclic amines) is 1. The molecule has 1 amide bonds. The summed E-state index contributed by atoms with van der Waals surface area (Å²) in [4.78, 5) is 26.9. The van der Waals surface area contributed by atoms with E-state index in [1.165, 1.54) is 12.1 Å². The van der Waals surface area contributed by atoms with E-state index < -0.39 is 0 Å². The van der Waals surface area contributed by atoms with Crippen LogP contribution < -0.4 is 9.80 Å². The van der Waals surface area contributed by atoms with E-state index in [1.54, 1.807) is 0 Å². The molecule has 0 radical (unpaired) electrons. The van der Waals surface area contributed by atoms with Gasteiger partial charge in [-0.3, -0.25) is 9.69 Å². The quantitative estimate of drug-likeness (QED) is 0.665. The first-order valence-corrected chi connectivity index (χ1v) is 12.2. The predicted octanol–water partition coefficient (Wildman–Crippen LogP) is 3.60. The highest BCUT2D eigenvalue weighted by molar-refractivity contribution is 5.94. The van der Waals surface area contributed by atoms with Gasteiger partial charge in [-0.15, -0.1) is 0 Å². The van der Waals surface area contributed by atoms with Crippen LogP contribution in [0.2, 0.25) is 0 Å². The number of pyridine rings is 1. The molecule has 32 heavy (non-hydrogen) atoms. The zero-order chi connectivity index (χ0) is 22.3. The lowest BCUT2D eigenvalue weighted by Gasteiger charge is -2.39. The Kier molecular flexibility index (Phi) is 7.63. The van der Waals surface area contributed by atoms with E-state index in [4.69, 9.17) is 0 Å². The van der Waals surface area contributed by atoms with Crippen LogP contribution in [0.25, 0.3) is 0 Å². The number of piperazine rings is 1. The van der Waals surface area contributed by atoms with Gasteiger partial charge < -0.3 is 14.7 Å². The maximum Gasteiger partial charge on any atom is 0.253 e. The summed E-state index contributed by atoms with van der Waals surface area (Å²) in [6.45, 7) is 13.3. The molecule has 2 aromatic rings. The van der Waals surface area contributed by atoms with Gasteiger partial charge in [-0.05, 0) is 69.0 Å². The summed E-state index contributed by atoms with van der Waals surface area (Å²) in [5.41, 5.74) is 2.00. The minimum Gasteiger partial charge on any atom is -0.372 e. The fourth-order valence-electron chi connectivity index (χ4n) is 5.05. The fourth-order valence-corrected chi connectivity index (χ4v) is 5.05. The van der Waals surface area contributed by atoms with Crippen LogP contribution in [-0.2, 0) is 0 Å². The third-order valence-electron chi connectivity index (χ3n) is 6.91. The minimum atomic E-state index is 0.181. The topological polar surface area (TPSA) is 42.9 Å². The number of anilines is 2. The molecule has 1 aromatic carbocycles. The van der Waals surface area contributed by atoms with Crippen LogP contribution in [0.3, 0.4) is 0 Å². The summed E-state index contributed by atoms with van der Waals surface area (Å²) >= 11 is 0. The van der Waals surface area contributed by atoms with Gasteiger partial charge in [-0.1, -0.05) is 6.07 Å². The van der Waals surface area contributed by atoms with Gasteiger partial charge in [0.05, 0.1) is 0 Å². The van der Waals surface area contributed by atoms with Gasteiger partial charge in [0.15, 0.2) is 0 Å². The molecule has 1 aromatic heterocycles. The second-order valence-corrected chi connectivity index (χ2v) is 8.95. The summed E-state index contributed by atoms with van der Waals surface area (Å²) in [6, 6.07) is 14.3. The highest BCUT2D eigenvalue weighted by atomic mass is 16.2. The van der Waals surface area contributed by atoms with Gasteiger partial charge in [-0.2, -0.15) is 0 Å². The predicted molar refractivity (Wildman–Crippen MR) is 132 cm³/mol. The molecular formula is C26H37N5O. The smallest absolute Gasteiger partial charge is 0.253 e. The molecule has 6 nitrogen and oxygen atoms in total. The number of hydrogen-bond acceptors (Lipinski definition) is 5. The molecule has 2 aliphatic heterocycles. The maximum absolute atomic E-state index is 13.1. The lowest BCUT2D eigenvalue weighted by molar-refractivity contribution is 0.0637. The Morgan fingerprint density at radius 1 is 1.00 bits per heavy atom. The molecule has 2 fully saturated rings. The Morgan fingerprint density at radius 2 is 1.75 bits per heavy atom. The van der Waals surface area contributed by atoms with E-state index in [1.807, 2.05) is 24.4 Å². The second kappa shape index (κ2) is 10.8. The average molecular weight is 436 g/mol. The third-order valence-corrected chi connectivity index (χ3v) is 6.91. The number of nitrogens with zero attached hydrogens (tertiary/aromatic N) is 5. The molecule has 0 saturated carbocycles. The van der Waals surface area contributed by atoms with Crippen LogP contribution in [-0.4, -0.2) is 79.6 Å². The Morgan fingerprint density at radius 3 is 2.41 bits per heavy atom. The Bertz CT molecular complexity index is 844. The van der Waals surface area contributed by atoms with Crippen molar-refractivity contribution in [1.82, 2.24) is 14.8 Å². The number of rotatable bonds is 7. The van der Waals surface area contributed by atoms with Gasteiger partial charge >= 0.3 is 0 Å². The van der Waals surface area contributed by atoms with Crippen molar-refractivity contribution in [2.75, 3.05) is 68.7 Å². The molecule has 0 spiro atoms. The zero-order valence-corrected chi connectivity index (χ0v) is 19.6. The van der Waals surface area contributed by atoms with Gasteiger partial charge in [0.25, 0.3) is 5.91 Å². The maximum atomic E-state index is 13.1. The Balaban J connectivity index is 1.28. The van der Waals surface area contributed by atoms with Gasteiger partial charge in [0.1, 0.15) is 5.82 Å². The van der Waals surface area contributed by atoms with E-state index in [-0.39, 0.29) is 5.91 Å². The SMILES string of the molecule is CCN(CC)c1ccc(C(=O)N2CCCC(CN3CCN(c4ccccn4)CC3)C2)cc1. The molecule has 172 valence electrons. The third kappa shape index (κ3) is 5.41. The largest absolute Gasteiger partial charge is 0.372 e. The summed E-state index contributed by atoms with van der Waals surface area (Å²) in [7, 11) is 0. The fraction of sp³-hybridized carbons (Fsp3) is 0.538. The monoisotopic (exact) mass is 435 g/mol. The van der Waals surface area contributed by atoms with E-state index in [0.29, 0.717) is 5.92 Å². The van der Waals surface area contributed by atoms with Crippen LogP contribution in [0, 0.1) is 5.92 Å². The molecule has 0 N–H and O–H groups in total. The van der Waals surface area contributed by atoms with Crippen LogP contribution in [0.5, 0.6) is 0 Å². The van der Waals surface area contributed by atoms with E-state index in [0.717, 1.165) is 76.7 Å². The highest BCUT2D eigenvalue weighted by Crippen LogP contribution is 2.22. The highest BCUT2D eigenvalue weighted by Gasteiger charge is 2.27. The number of aromatic nitrogens is 1. The summed E-state index contributed by atoms with van der Waals surface area (Å²) < 4.78 is 0. The molecule has 0 aliphatic carbocycles. The lowest BCUT2D eigenvalue weighted by atomic mass is 9.96. The molecule has 1 atom stereocenters. The molecule has 2 saturated heterocycles. The first-order valence-electron chi connectivity index (χ1n) is 12.2. The molecule has 1 unspecified atom stereocenters. The van der Waals surface area contributed by atoms with Crippen LogP contribution >= 0.6 is 0 Å². The van der Waals surface area contributed by atoms with Crippen LogP contribution in [0.15, 0.2) is 48.7 Å². The number of piperidine rings is 1. The van der Waals surface area contributed by atoms with Gasteiger partial charge in [0.2, 0.25) is 0 Å². The van der Waals surface area contributed by atoms with Crippen molar-refractivity contribution in [1.29, 1.82) is 0 Å². The Labute approximate surface area is 192 Å². The number of amides is 1. The van der Waals surface area contributed by atoms with Crippen molar-refractivity contribution < 1.29 is 4.79 Å². The first-order chi connectivity index (χ1) is 15.7. The van der Waals surface area contributed by atoms with Crippen molar-refractivity contribution in [3.05, 3.63) is 54.2 Å². The van der Waals surface area contributed by atoms with E-state index in [2.05, 4.69) is 62.7 Å². The average Bonchev–Trinajstić information content (AvgIpc) is 2.86. The Hall–Kier alpha value is -2.60. The number of hydrogen-bond donors (Lipinski definition) is 0. The summed E-state index contributed by atoms with van der Waals surface area (Å²) in [5, 5.41) is 0. The molecule has 6 heteroatoms. The summed E-state index contributed by atoms with van der Waals surface area (Å²) in [6.07, 6.45) is 4.18. The van der Waals surface area contributed by atoms with Crippen molar-refractivity contribution in [2.45, 2.75) is 26.7 Å². The summed E-state index contributed by atoms with van der Waals surface area (Å²) in [5.74, 6) is 1.82. The lowest BCUT2D eigenvalue weighted by Crippen LogP contribution is -2.50. The van der Waals surface area contributed by atoms with Gasteiger partial charge in [-0.25, -0.2) is 4.98 Å². The minimum absolute atomic E-state index is 0.181. The second-order valence-electron chi connectivity index (χ2n) is 8.95.